The molecule has 2 aliphatic rings. The maximum Gasteiger partial charge on any atom is 0.263 e. The lowest BCUT2D eigenvalue weighted by atomic mass is 9.95. The molecule has 3 aromatic rings. The Hall–Kier alpha value is -2.51. The number of carbonyl (C=O) groups is 1. The highest BCUT2D eigenvalue weighted by Crippen LogP contribution is 2.46. The van der Waals surface area contributed by atoms with Gasteiger partial charge in [-0.25, -0.2) is 0 Å². The zero-order valence-electron chi connectivity index (χ0n) is 20.1. The van der Waals surface area contributed by atoms with Crippen molar-refractivity contribution in [1.29, 1.82) is 0 Å². The van der Waals surface area contributed by atoms with Gasteiger partial charge in [-0.2, -0.15) is 0 Å². The van der Waals surface area contributed by atoms with Gasteiger partial charge in [-0.05, 0) is 73.5 Å². The summed E-state index contributed by atoms with van der Waals surface area (Å²) in [5.74, 6) is 0.264. The van der Waals surface area contributed by atoms with Crippen LogP contribution in [0, 0.1) is 5.92 Å². The number of aliphatic hydroxyl groups is 1. The molecule has 0 saturated carbocycles. The van der Waals surface area contributed by atoms with Crippen LogP contribution in [0.2, 0.25) is 18.6 Å². The lowest BCUT2D eigenvalue weighted by Gasteiger charge is -2.30. The molecule has 5 nitrogen and oxygen atoms in total. The van der Waals surface area contributed by atoms with Gasteiger partial charge in [0.05, 0.1) is 23.5 Å². The second kappa shape index (κ2) is 8.93. The number of benzene rings is 3. The number of nitrogens with zero attached hydrogens (tertiary/aromatic N) is 1. The van der Waals surface area contributed by atoms with E-state index in [1.807, 2.05) is 66.5 Å². The van der Waals surface area contributed by atoms with Gasteiger partial charge in [0, 0.05) is 23.2 Å². The van der Waals surface area contributed by atoms with Crippen molar-refractivity contribution in [3.63, 3.8) is 0 Å². The van der Waals surface area contributed by atoms with Crippen molar-refractivity contribution >= 4 is 36.4 Å². The molecule has 0 aromatic heterocycles. The molecular weight excluding hydrogens is 442 g/mol. The number of anilines is 2. The minimum absolute atomic E-state index is 0.0153. The van der Waals surface area contributed by atoms with Gasteiger partial charge in [0.2, 0.25) is 0 Å². The number of ether oxygens (including phenoxy) is 1. The minimum atomic E-state index is -2.41. The molecular formula is C28H33NO4Si. The normalized spacial score (nSPS) is 24.4. The lowest BCUT2D eigenvalue weighted by Crippen LogP contribution is -2.40. The molecule has 0 aliphatic carbocycles. The van der Waals surface area contributed by atoms with E-state index in [0.717, 1.165) is 46.1 Å². The molecule has 1 saturated heterocycles. The minimum Gasteiger partial charge on any atom is -0.432 e. The summed E-state index contributed by atoms with van der Waals surface area (Å²) in [5.41, 5.74) is 3.85. The molecule has 2 N–H and O–H groups in total. The molecule has 0 unspecified atom stereocenters. The number of aliphatic hydroxyl groups excluding tert-OH is 1. The van der Waals surface area contributed by atoms with Gasteiger partial charge in [0.15, 0.2) is 8.32 Å². The van der Waals surface area contributed by atoms with Crippen LogP contribution in [0.3, 0.4) is 0 Å². The highest BCUT2D eigenvalue weighted by Gasteiger charge is 2.49. The van der Waals surface area contributed by atoms with Crippen LogP contribution >= 0.6 is 0 Å². The maximum atomic E-state index is 13.3. The van der Waals surface area contributed by atoms with Crippen LogP contribution in [0.25, 0.3) is 10.8 Å². The van der Waals surface area contributed by atoms with Gasteiger partial charge in [-0.3, -0.25) is 9.69 Å². The van der Waals surface area contributed by atoms with Crippen LogP contribution in [0.15, 0.2) is 60.7 Å². The molecule has 178 valence electrons. The van der Waals surface area contributed by atoms with E-state index in [4.69, 9.17) is 4.74 Å². The molecule has 6 heteroatoms. The molecule has 3 aromatic carbocycles. The Morgan fingerprint density at radius 3 is 2.47 bits per heavy atom. The van der Waals surface area contributed by atoms with Gasteiger partial charge in [-0.1, -0.05) is 43.3 Å². The SMILES string of the molecule is C[C@@H]1[C@@H]([Si](C)(C)O)[C@H](CCO)O[C@@H]1CCc1cccc(N2C(=O)c3cccc4cccc2c34)c1. The summed E-state index contributed by atoms with van der Waals surface area (Å²) < 4.78 is 6.35. The fourth-order valence-electron chi connectivity index (χ4n) is 6.14. The van der Waals surface area contributed by atoms with E-state index in [1.54, 1.807) is 0 Å². The van der Waals surface area contributed by atoms with Crippen LogP contribution in [0.4, 0.5) is 11.4 Å². The van der Waals surface area contributed by atoms with Crippen molar-refractivity contribution in [2.75, 3.05) is 11.5 Å². The Bertz CT molecular complexity index is 1220. The van der Waals surface area contributed by atoms with E-state index in [9.17, 15) is 14.7 Å². The quantitative estimate of drug-likeness (QED) is 0.448. The van der Waals surface area contributed by atoms with Gasteiger partial charge in [-0.15, -0.1) is 0 Å². The van der Waals surface area contributed by atoms with Crippen molar-refractivity contribution in [2.45, 2.75) is 57.0 Å². The molecule has 1 fully saturated rings. The Kier molecular flexibility index (Phi) is 6.10. The third-order valence-electron chi connectivity index (χ3n) is 7.58. The first-order chi connectivity index (χ1) is 16.3. The fraction of sp³-hybridized carbons (Fsp3) is 0.393. The second-order valence-electron chi connectivity index (χ2n) is 10.3. The Balaban J connectivity index is 1.35. The summed E-state index contributed by atoms with van der Waals surface area (Å²) in [6.45, 7) is 6.19. The summed E-state index contributed by atoms with van der Waals surface area (Å²) in [6.07, 6.45) is 2.21. The van der Waals surface area contributed by atoms with Crippen LogP contribution < -0.4 is 4.90 Å². The number of amides is 1. The summed E-state index contributed by atoms with van der Waals surface area (Å²) >= 11 is 0. The highest BCUT2D eigenvalue weighted by atomic mass is 28.4. The molecule has 1 amide bonds. The molecule has 2 heterocycles. The van der Waals surface area contributed by atoms with Crippen LogP contribution in [0.5, 0.6) is 0 Å². The summed E-state index contributed by atoms with van der Waals surface area (Å²) in [4.78, 5) is 26.0. The monoisotopic (exact) mass is 475 g/mol. The van der Waals surface area contributed by atoms with Crippen molar-refractivity contribution in [2.24, 2.45) is 5.92 Å². The molecule has 0 radical (unpaired) electrons. The molecule has 0 spiro atoms. The summed E-state index contributed by atoms with van der Waals surface area (Å²) in [7, 11) is -2.41. The standard InChI is InChI=1S/C28H33NO4Si/c1-18-24(33-25(15-16-30)27(18)34(2,3)32)14-13-19-7-4-10-21(17-19)29-23-12-6-9-20-8-5-11-22(26(20)23)28(29)31/h4-12,17-18,24-25,27,30,32H,13-16H2,1-3H3/t18-,24+,25-,27+/m0/s1. The van der Waals surface area contributed by atoms with Gasteiger partial charge >= 0.3 is 0 Å². The Morgan fingerprint density at radius 2 is 1.74 bits per heavy atom. The van der Waals surface area contributed by atoms with Crippen LogP contribution in [0.1, 0.15) is 35.7 Å². The number of hydrogen-bond donors (Lipinski definition) is 2. The zero-order valence-corrected chi connectivity index (χ0v) is 21.1. The first-order valence-electron chi connectivity index (χ1n) is 12.2. The Labute approximate surface area is 202 Å². The third kappa shape index (κ3) is 3.99. The third-order valence-corrected chi connectivity index (χ3v) is 10.1. The van der Waals surface area contributed by atoms with Crippen molar-refractivity contribution in [3.05, 3.63) is 71.8 Å². The average molecular weight is 476 g/mol. The van der Waals surface area contributed by atoms with E-state index in [0.29, 0.717) is 6.42 Å². The van der Waals surface area contributed by atoms with Crippen molar-refractivity contribution in [3.8, 4) is 0 Å². The molecule has 34 heavy (non-hydrogen) atoms. The topological polar surface area (TPSA) is 70.0 Å². The van der Waals surface area contributed by atoms with E-state index in [2.05, 4.69) is 19.1 Å². The molecule has 5 rings (SSSR count). The fourth-order valence-corrected chi connectivity index (χ4v) is 8.80. The number of hydrogen-bond acceptors (Lipinski definition) is 4. The van der Waals surface area contributed by atoms with E-state index >= 15 is 0 Å². The van der Waals surface area contributed by atoms with Crippen molar-refractivity contribution < 1.29 is 19.4 Å². The zero-order chi connectivity index (χ0) is 24.0. The van der Waals surface area contributed by atoms with Gasteiger partial charge in [0.25, 0.3) is 5.91 Å². The molecule has 4 atom stereocenters. The lowest BCUT2D eigenvalue weighted by molar-refractivity contribution is 0.0192. The number of rotatable bonds is 7. The second-order valence-corrected chi connectivity index (χ2v) is 14.3. The first-order valence-corrected chi connectivity index (χ1v) is 15.3. The van der Waals surface area contributed by atoms with Crippen LogP contribution in [-0.2, 0) is 11.2 Å². The first kappa shape index (κ1) is 23.2. The summed E-state index contributed by atoms with van der Waals surface area (Å²) in [5, 5.41) is 11.6. The maximum absolute atomic E-state index is 13.3. The van der Waals surface area contributed by atoms with Gasteiger partial charge in [0.1, 0.15) is 0 Å². The largest absolute Gasteiger partial charge is 0.432 e. The van der Waals surface area contributed by atoms with E-state index in [1.165, 1.54) is 0 Å². The smallest absolute Gasteiger partial charge is 0.263 e. The number of carbonyl (C=O) groups excluding carboxylic acids is 1. The van der Waals surface area contributed by atoms with E-state index < -0.39 is 8.32 Å². The predicted molar refractivity (Wildman–Crippen MR) is 138 cm³/mol. The van der Waals surface area contributed by atoms with E-state index in [-0.39, 0.29) is 36.2 Å². The van der Waals surface area contributed by atoms with Crippen LogP contribution in [-0.4, -0.2) is 42.9 Å². The number of aryl methyl sites for hydroxylation is 1. The highest BCUT2D eigenvalue weighted by molar-refractivity contribution is 6.71. The Morgan fingerprint density at radius 1 is 1.00 bits per heavy atom. The molecule has 2 aliphatic heterocycles. The van der Waals surface area contributed by atoms with Gasteiger partial charge < -0.3 is 14.6 Å². The average Bonchev–Trinajstić information content (AvgIpc) is 3.28. The molecule has 0 bridgehead atoms. The van der Waals surface area contributed by atoms with Crippen molar-refractivity contribution in [1.82, 2.24) is 0 Å². The summed E-state index contributed by atoms with van der Waals surface area (Å²) in [6, 6.07) is 20.2. The predicted octanol–water partition coefficient (Wildman–Crippen LogP) is 5.42.